The van der Waals surface area contributed by atoms with Gasteiger partial charge in [0.25, 0.3) is 15.9 Å². The molecule has 0 aliphatic rings. The molecule has 0 fully saturated rings. The number of urea groups is 1. The van der Waals surface area contributed by atoms with Crippen LogP contribution in [0.1, 0.15) is 23.0 Å². The molecular weight excluding hydrogens is 380 g/mol. The number of rotatable bonds is 6. The van der Waals surface area contributed by atoms with Gasteiger partial charge < -0.3 is 15.6 Å². The average molecular weight is 400 g/mol. The van der Waals surface area contributed by atoms with Crippen LogP contribution >= 0.6 is 0 Å². The van der Waals surface area contributed by atoms with Gasteiger partial charge in [-0.3, -0.25) is 4.79 Å². The van der Waals surface area contributed by atoms with Gasteiger partial charge in [-0.2, -0.15) is 0 Å². The fourth-order valence-electron chi connectivity index (χ4n) is 2.95. The van der Waals surface area contributed by atoms with Crippen LogP contribution in [0.5, 0.6) is 0 Å². The second-order valence-corrected chi connectivity index (χ2v) is 7.81. The number of aromatic nitrogens is 1. The first-order valence-electron chi connectivity index (χ1n) is 8.59. The molecule has 3 amide bonds. The Morgan fingerprint density at radius 3 is 2.39 bits per heavy atom. The van der Waals surface area contributed by atoms with E-state index in [4.69, 9.17) is 5.73 Å². The maximum atomic E-state index is 12.7. The second-order valence-electron chi connectivity index (χ2n) is 6.13. The maximum absolute atomic E-state index is 12.7. The number of primary amides is 1. The van der Waals surface area contributed by atoms with E-state index >= 15 is 0 Å². The first kappa shape index (κ1) is 19.4. The monoisotopic (exact) mass is 400 g/mol. The van der Waals surface area contributed by atoms with Crippen molar-refractivity contribution < 1.29 is 18.0 Å². The van der Waals surface area contributed by atoms with Crippen LogP contribution in [-0.4, -0.2) is 24.9 Å². The minimum Gasteiger partial charge on any atom is -0.352 e. The van der Waals surface area contributed by atoms with Crippen LogP contribution in [0.2, 0.25) is 0 Å². The van der Waals surface area contributed by atoms with Crippen molar-refractivity contribution in [2.45, 2.75) is 24.9 Å². The summed E-state index contributed by atoms with van der Waals surface area (Å²) in [4.78, 5) is 23.3. The molecule has 0 unspecified atom stereocenters. The van der Waals surface area contributed by atoms with Crippen LogP contribution in [0.4, 0.5) is 4.79 Å². The van der Waals surface area contributed by atoms with Gasteiger partial charge in [-0.05, 0) is 36.8 Å². The fraction of sp³-hybridized carbons (Fsp3) is 0.158. The molecule has 28 heavy (non-hydrogen) atoms. The number of fused-ring (bicyclic) bond motifs is 1. The van der Waals surface area contributed by atoms with Gasteiger partial charge in [-0.1, -0.05) is 30.3 Å². The Labute approximate surface area is 162 Å². The highest BCUT2D eigenvalue weighted by Crippen LogP contribution is 2.20. The number of nitrogens with two attached hydrogens (primary N) is 1. The zero-order chi connectivity index (χ0) is 20.3. The Morgan fingerprint density at radius 2 is 1.75 bits per heavy atom. The zero-order valence-corrected chi connectivity index (χ0v) is 16.0. The molecule has 146 valence electrons. The van der Waals surface area contributed by atoms with E-state index in [-0.39, 0.29) is 17.1 Å². The van der Waals surface area contributed by atoms with E-state index in [1.54, 1.807) is 10.6 Å². The van der Waals surface area contributed by atoms with E-state index in [1.807, 2.05) is 31.2 Å². The van der Waals surface area contributed by atoms with Crippen LogP contribution < -0.4 is 15.8 Å². The Hall–Kier alpha value is -3.33. The highest BCUT2D eigenvalue weighted by molar-refractivity contribution is 7.90. The van der Waals surface area contributed by atoms with Crippen LogP contribution in [0.25, 0.3) is 10.9 Å². The number of hydrogen-bond acceptors (Lipinski definition) is 4. The smallest absolute Gasteiger partial charge is 0.312 e. The normalized spacial score (nSPS) is 11.3. The third kappa shape index (κ3) is 3.99. The highest BCUT2D eigenvalue weighted by Gasteiger charge is 2.22. The molecule has 1 heterocycles. The summed E-state index contributed by atoms with van der Waals surface area (Å²) < 4.78 is 29.0. The zero-order valence-electron chi connectivity index (χ0n) is 15.2. The number of sulfonamides is 1. The summed E-state index contributed by atoms with van der Waals surface area (Å²) in [6.07, 6.45) is 0. The molecule has 4 N–H and O–H groups in total. The molecule has 0 saturated carbocycles. The van der Waals surface area contributed by atoms with Crippen molar-refractivity contribution in [3.63, 3.8) is 0 Å². The van der Waals surface area contributed by atoms with Crippen LogP contribution in [-0.2, 0) is 23.1 Å². The number of amides is 3. The number of hydrogen-bond donors (Lipinski definition) is 3. The predicted octanol–water partition coefficient (Wildman–Crippen LogP) is 1.95. The fourth-order valence-corrected chi connectivity index (χ4v) is 3.91. The van der Waals surface area contributed by atoms with Crippen molar-refractivity contribution in [1.82, 2.24) is 14.6 Å². The number of benzene rings is 2. The lowest BCUT2D eigenvalue weighted by Crippen LogP contribution is -2.32. The van der Waals surface area contributed by atoms with E-state index in [0.717, 1.165) is 10.9 Å². The Kier molecular flexibility index (Phi) is 5.36. The van der Waals surface area contributed by atoms with Crippen molar-refractivity contribution in [2.24, 2.45) is 5.73 Å². The minimum atomic E-state index is -4.04. The van der Waals surface area contributed by atoms with Crippen LogP contribution in [0.15, 0.2) is 59.5 Å². The number of para-hydroxylation sites is 1. The van der Waals surface area contributed by atoms with E-state index in [2.05, 4.69) is 10.0 Å². The maximum Gasteiger partial charge on any atom is 0.312 e. The summed E-state index contributed by atoms with van der Waals surface area (Å²) >= 11 is 0. The van der Waals surface area contributed by atoms with Gasteiger partial charge in [0.15, 0.2) is 0 Å². The van der Waals surface area contributed by atoms with Gasteiger partial charge in [-0.25, -0.2) is 17.9 Å². The number of nitrogens with one attached hydrogen (secondary N) is 2. The third-order valence-corrected chi connectivity index (χ3v) is 5.63. The van der Waals surface area contributed by atoms with E-state index in [9.17, 15) is 18.0 Å². The van der Waals surface area contributed by atoms with Gasteiger partial charge in [-0.15, -0.1) is 0 Å². The Morgan fingerprint density at radius 1 is 1.07 bits per heavy atom. The van der Waals surface area contributed by atoms with Crippen molar-refractivity contribution in [3.8, 4) is 0 Å². The summed E-state index contributed by atoms with van der Waals surface area (Å²) in [5.41, 5.74) is 6.81. The molecule has 3 aromatic rings. The first-order chi connectivity index (χ1) is 13.3. The molecule has 8 nitrogen and oxygen atoms in total. The summed E-state index contributed by atoms with van der Waals surface area (Å²) in [6.45, 7) is 2.59. The van der Waals surface area contributed by atoms with Crippen molar-refractivity contribution >= 4 is 32.9 Å². The lowest BCUT2D eigenvalue weighted by molar-refractivity contribution is 0.0973. The standard InChI is InChI=1S/C19H20N4O4S/c1-2-23-16-6-4-3-5-14(16)11-17(23)18(24)22-28(26,27)15-9-7-13(8-10-15)12-21-19(20)25/h3-11H,2,12H2,1H3,(H,22,24)(H3,20,21,25). The van der Waals surface area contributed by atoms with Gasteiger partial charge in [0, 0.05) is 24.0 Å². The lowest BCUT2D eigenvalue weighted by atomic mass is 10.2. The Balaban J connectivity index is 1.82. The van der Waals surface area contributed by atoms with E-state index < -0.39 is 22.0 Å². The van der Waals surface area contributed by atoms with Gasteiger partial charge in [0.2, 0.25) is 0 Å². The highest BCUT2D eigenvalue weighted by atomic mass is 32.2. The summed E-state index contributed by atoms with van der Waals surface area (Å²) in [6, 6.07) is 14.3. The molecule has 0 bridgehead atoms. The summed E-state index contributed by atoms with van der Waals surface area (Å²) in [5.74, 6) is -0.697. The van der Waals surface area contributed by atoms with Gasteiger partial charge in [0.1, 0.15) is 5.69 Å². The van der Waals surface area contributed by atoms with Crippen LogP contribution in [0.3, 0.4) is 0 Å². The molecule has 0 aliphatic heterocycles. The lowest BCUT2D eigenvalue weighted by Gasteiger charge is -2.10. The summed E-state index contributed by atoms with van der Waals surface area (Å²) in [7, 11) is -4.04. The first-order valence-corrected chi connectivity index (χ1v) is 10.1. The summed E-state index contributed by atoms with van der Waals surface area (Å²) in [5, 5.41) is 3.28. The largest absolute Gasteiger partial charge is 0.352 e. The molecule has 2 aromatic carbocycles. The number of carbonyl (C=O) groups excluding carboxylic acids is 2. The molecule has 0 atom stereocenters. The van der Waals surface area contributed by atoms with Crippen molar-refractivity contribution in [3.05, 3.63) is 65.9 Å². The van der Waals surface area contributed by atoms with Gasteiger partial charge >= 0.3 is 6.03 Å². The topological polar surface area (TPSA) is 123 Å². The number of aryl methyl sites for hydroxylation is 1. The van der Waals surface area contributed by atoms with Crippen molar-refractivity contribution in [2.75, 3.05) is 0 Å². The molecule has 0 radical (unpaired) electrons. The number of carbonyl (C=O) groups is 2. The molecule has 1 aromatic heterocycles. The second kappa shape index (κ2) is 7.73. The molecule has 9 heteroatoms. The number of nitrogens with zero attached hydrogens (tertiary/aromatic N) is 1. The van der Waals surface area contributed by atoms with Gasteiger partial charge in [0.05, 0.1) is 4.90 Å². The molecule has 0 aliphatic carbocycles. The average Bonchev–Trinajstić information content (AvgIpc) is 3.05. The quantitative estimate of drug-likeness (QED) is 0.585. The minimum absolute atomic E-state index is 0.0529. The molecule has 3 rings (SSSR count). The van der Waals surface area contributed by atoms with E-state index in [0.29, 0.717) is 12.1 Å². The van der Waals surface area contributed by atoms with Crippen LogP contribution in [0, 0.1) is 0 Å². The molecular formula is C19H20N4O4S. The van der Waals surface area contributed by atoms with E-state index in [1.165, 1.54) is 24.3 Å². The Bertz CT molecular complexity index is 1130. The molecule has 0 spiro atoms. The van der Waals surface area contributed by atoms with Crippen molar-refractivity contribution in [1.29, 1.82) is 0 Å². The third-order valence-electron chi connectivity index (χ3n) is 4.29. The molecule has 0 saturated heterocycles. The predicted molar refractivity (Wildman–Crippen MR) is 105 cm³/mol. The SMILES string of the molecule is CCn1c(C(=O)NS(=O)(=O)c2ccc(CNC(N)=O)cc2)cc2ccccc21.